The Morgan fingerprint density at radius 2 is 2.43 bits per heavy atom. The van der Waals surface area contributed by atoms with Crippen LogP contribution in [0, 0.1) is 0 Å². The Balaban J connectivity index is 2.12. The van der Waals surface area contributed by atoms with Gasteiger partial charge in [0.15, 0.2) is 0 Å². The van der Waals surface area contributed by atoms with Crippen LogP contribution in [0.15, 0.2) is 16.8 Å². The summed E-state index contributed by atoms with van der Waals surface area (Å²) in [6.07, 6.45) is 1.57. The van der Waals surface area contributed by atoms with E-state index in [1.54, 1.807) is 12.3 Å². The lowest BCUT2D eigenvalue weighted by molar-refractivity contribution is -0.120. The van der Waals surface area contributed by atoms with E-state index in [0.29, 0.717) is 13.1 Å². The summed E-state index contributed by atoms with van der Waals surface area (Å²) in [6, 6.07) is 1.93. The number of carbonyl (C=O) groups is 1. The number of rotatable bonds is 5. The van der Waals surface area contributed by atoms with Gasteiger partial charge in [0.1, 0.15) is 5.76 Å². The molecule has 0 aromatic carbocycles. The first-order valence-corrected chi connectivity index (χ1v) is 4.58. The van der Waals surface area contributed by atoms with E-state index in [9.17, 15) is 4.79 Å². The second-order valence-corrected chi connectivity index (χ2v) is 3.30. The molecular weight excluding hydrogens is 182 g/mol. The van der Waals surface area contributed by atoms with Crippen LogP contribution in [0.5, 0.6) is 0 Å². The standard InChI is InChI=1S/C9H15N3O2/c1-7(2)12-9(13)6-10-5-8-3-4-11-14-8/h3-4,7,10H,5-6H2,1-2H3,(H,12,13). The van der Waals surface area contributed by atoms with Crippen molar-refractivity contribution >= 4 is 5.91 Å². The second kappa shape index (κ2) is 5.39. The van der Waals surface area contributed by atoms with E-state index in [0.717, 1.165) is 5.76 Å². The summed E-state index contributed by atoms with van der Waals surface area (Å²) in [6.45, 7) is 4.66. The van der Waals surface area contributed by atoms with Crippen LogP contribution in [0.1, 0.15) is 19.6 Å². The fourth-order valence-corrected chi connectivity index (χ4v) is 1.01. The number of nitrogens with zero attached hydrogens (tertiary/aromatic N) is 1. The monoisotopic (exact) mass is 197 g/mol. The van der Waals surface area contributed by atoms with Crippen LogP contribution in [0.3, 0.4) is 0 Å². The lowest BCUT2D eigenvalue weighted by atomic mass is 10.4. The number of carbonyl (C=O) groups excluding carboxylic acids is 1. The van der Waals surface area contributed by atoms with Crippen molar-refractivity contribution in [3.8, 4) is 0 Å². The van der Waals surface area contributed by atoms with Crippen LogP contribution < -0.4 is 10.6 Å². The highest BCUT2D eigenvalue weighted by atomic mass is 16.5. The molecule has 0 radical (unpaired) electrons. The quantitative estimate of drug-likeness (QED) is 0.712. The molecule has 14 heavy (non-hydrogen) atoms. The van der Waals surface area contributed by atoms with Gasteiger partial charge >= 0.3 is 0 Å². The molecule has 0 saturated heterocycles. The number of nitrogens with one attached hydrogen (secondary N) is 2. The van der Waals surface area contributed by atoms with E-state index in [4.69, 9.17) is 4.52 Å². The number of aromatic nitrogens is 1. The molecule has 0 unspecified atom stereocenters. The van der Waals surface area contributed by atoms with Gasteiger partial charge in [-0.2, -0.15) is 0 Å². The highest BCUT2D eigenvalue weighted by Gasteiger charge is 2.02. The summed E-state index contributed by atoms with van der Waals surface area (Å²) >= 11 is 0. The lowest BCUT2D eigenvalue weighted by Crippen LogP contribution is -2.37. The summed E-state index contributed by atoms with van der Waals surface area (Å²) in [7, 11) is 0. The van der Waals surface area contributed by atoms with Crippen molar-refractivity contribution in [1.82, 2.24) is 15.8 Å². The van der Waals surface area contributed by atoms with Gasteiger partial charge in [0.05, 0.1) is 19.3 Å². The Morgan fingerprint density at radius 3 is 3.00 bits per heavy atom. The third-order valence-corrected chi connectivity index (χ3v) is 1.53. The molecule has 0 atom stereocenters. The van der Waals surface area contributed by atoms with Gasteiger partial charge in [-0.1, -0.05) is 5.16 Å². The predicted octanol–water partition coefficient (Wildman–Crippen LogP) is 0.289. The van der Waals surface area contributed by atoms with Gasteiger partial charge in [0.2, 0.25) is 5.91 Å². The smallest absolute Gasteiger partial charge is 0.234 e. The molecule has 0 fully saturated rings. The van der Waals surface area contributed by atoms with Crippen molar-refractivity contribution in [2.75, 3.05) is 6.54 Å². The molecule has 0 aliphatic carbocycles. The third kappa shape index (κ3) is 4.04. The predicted molar refractivity (Wildman–Crippen MR) is 51.5 cm³/mol. The SMILES string of the molecule is CC(C)NC(=O)CNCc1ccno1. The van der Waals surface area contributed by atoms with Gasteiger partial charge in [-0.3, -0.25) is 4.79 Å². The zero-order chi connectivity index (χ0) is 10.4. The first-order valence-electron chi connectivity index (χ1n) is 4.58. The first-order chi connectivity index (χ1) is 6.68. The van der Waals surface area contributed by atoms with Crippen LogP contribution in [0.4, 0.5) is 0 Å². The first kappa shape index (κ1) is 10.7. The van der Waals surface area contributed by atoms with Gasteiger partial charge in [-0.25, -0.2) is 0 Å². The molecule has 2 N–H and O–H groups in total. The molecule has 1 rings (SSSR count). The van der Waals surface area contributed by atoms with Gasteiger partial charge < -0.3 is 15.2 Å². The molecule has 1 aromatic rings. The van der Waals surface area contributed by atoms with E-state index in [1.165, 1.54) is 0 Å². The average molecular weight is 197 g/mol. The zero-order valence-electron chi connectivity index (χ0n) is 8.41. The van der Waals surface area contributed by atoms with Crippen molar-refractivity contribution in [2.24, 2.45) is 0 Å². The maximum absolute atomic E-state index is 11.2. The Kier molecular flexibility index (Phi) is 4.12. The molecule has 0 bridgehead atoms. The van der Waals surface area contributed by atoms with Gasteiger partial charge in [-0.05, 0) is 13.8 Å². The minimum Gasteiger partial charge on any atom is -0.360 e. The van der Waals surface area contributed by atoms with E-state index in [2.05, 4.69) is 15.8 Å². The molecular formula is C9H15N3O2. The molecule has 0 aliphatic rings. The summed E-state index contributed by atoms with van der Waals surface area (Å²) in [5.41, 5.74) is 0. The second-order valence-electron chi connectivity index (χ2n) is 3.30. The van der Waals surface area contributed by atoms with Crippen molar-refractivity contribution < 1.29 is 9.32 Å². The van der Waals surface area contributed by atoms with Gasteiger partial charge in [0, 0.05) is 12.1 Å². The highest BCUT2D eigenvalue weighted by Crippen LogP contribution is 1.93. The Morgan fingerprint density at radius 1 is 1.64 bits per heavy atom. The minimum absolute atomic E-state index is 0.0143. The minimum atomic E-state index is -0.0143. The average Bonchev–Trinajstić information content (AvgIpc) is 2.55. The lowest BCUT2D eigenvalue weighted by Gasteiger charge is -2.07. The summed E-state index contributed by atoms with van der Waals surface area (Å²) in [5.74, 6) is 0.710. The molecule has 5 nitrogen and oxygen atoms in total. The van der Waals surface area contributed by atoms with E-state index >= 15 is 0 Å². The van der Waals surface area contributed by atoms with Gasteiger partial charge in [-0.15, -0.1) is 0 Å². The van der Waals surface area contributed by atoms with Crippen LogP contribution >= 0.6 is 0 Å². The van der Waals surface area contributed by atoms with Crippen LogP contribution in [0.2, 0.25) is 0 Å². The Hall–Kier alpha value is -1.36. The zero-order valence-corrected chi connectivity index (χ0v) is 8.41. The number of hydrogen-bond donors (Lipinski definition) is 2. The van der Waals surface area contributed by atoms with Crippen molar-refractivity contribution in [3.05, 3.63) is 18.0 Å². The van der Waals surface area contributed by atoms with Crippen LogP contribution in [-0.4, -0.2) is 23.7 Å². The van der Waals surface area contributed by atoms with E-state index in [1.807, 2.05) is 13.8 Å². The normalized spacial score (nSPS) is 10.5. The molecule has 78 valence electrons. The maximum Gasteiger partial charge on any atom is 0.234 e. The van der Waals surface area contributed by atoms with Crippen molar-refractivity contribution in [3.63, 3.8) is 0 Å². The molecule has 1 heterocycles. The molecule has 0 aliphatic heterocycles. The summed E-state index contributed by atoms with van der Waals surface area (Å²) < 4.78 is 4.85. The fraction of sp³-hybridized carbons (Fsp3) is 0.556. The van der Waals surface area contributed by atoms with E-state index < -0.39 is 0 Å². The van der Waals surface area contributed by atoms with Crippen molar-refractivity contribution in [1.29, 1.82) is 0 Å². The van der Waals surface area contributed by atoms with Crippen LogP contribution in [0.25, 0.3) is 0 Å². The molecule has 0 saturated carbocycles. The van der Waals surface area contributed by atoms with Crippen LogP contribution in [-0.2, 0) is 11.3 Å². The van der Waals surface area contributed by atoms with Crippen molar-refractivity contribution in [2.45, 2.75) is 26.4 Å². The fourth-order valence-electron chi connectivity index (χ4n) is 1.01. The van der Waals surface area contributed by atoms with E-state index in [-0.39, 0.29) is 11.9 Å². The maximum atomic E-state index is 11.2. The third-order valence-electron chi connectivity index (χ3n) is 1.53. The molecule has 5 heteroatoms. The number of amides is 1. The molecule has 0 spiro atoms. The summed E-state index contributed by atoms with van der Waals surface area (Å²) in [4.78, 5) is 11.2. The Bertz CT molecular complexity index is 270. The Labute approximate surface area is 82.8 Å². The van der Waals surface area contributed by atoms with Gasteiger partial charge in [0.25, 0.3) is 0 Å². The topological polar surface area (TPSA) is 67.2 Å². The largest absolute Gasteiger partial charge is 0.360 e. The molecule has 1 aromatic heterocycles. The molecule has 1 amide bonds. The highest BCUT2D eigenvalue weighted by molar-refractivity contribution is 5.78. The number of hydrogen-bond acceptors (Lipinski definition) is 4. The summed E-state index contributed by atoms with van der Waals surface area (Å²) in [5, 5.41) is 9.28.